The van der Waals surface area contributed by atoms with Crippen molar-refractivity contribution in [3.05, 3.63) is 84.1 Å². The molecule has 2 aromatic carbocycles. The number of nitrogen functional groups attached to an aromatic ring is 1. The number of nitrogens with zero attached hydrogens (tertiary/aromatic N) is 3. The standard InChI is InChI=1S/C21H20N4O2/c22-21-23-18-11-12-25(15-26-13-16-7-3-1-4-8-16)19(18)20(24-21)27-14-17-9-5-2-6-10-17/h1-12H,13-15H2,(H2,22,23,24). The Bertz CT molecular complexity index is 1020. The van der Waals surface area contributed by atoms with Crippen LogP contribution in [0.2, 0.25) is 0 Å². The van der Waals surface area contributed by atoms with Crippen LogP contribution >= 0.6 is 0 Å². The average Bonchev–Trinajstić information content (AvgIpc) is 3.10. The molecule has 0 atom stereocenters. The molecule has 0 radical (unpaired) electrons. The van der Waals surface area contributed by atoms with Crippen LogP contribution in [0.15, 0.2) is 72.9 Å². The predicted octanol–water partition coefficient (Wildman–Crippen LogP) is 3.77. The molecule has 0 spiro atoms. The second-order valence-corrected chi connectivity index (χ2v) is 6.14. The van der Waals surface area contributed by atoms with Gasteiger partial charge in [0.2, 0.25) is 11.8 Å². The molecular weight excluding hydrogens is 340 g/mol. The molecule has 136 valence electrons. The Morgan fingerprint density at radius 2 is 1.48 bits per heavy atom. The average molecular weight is 360 g/mol. The topological polar surface area (TPSA) is 75.2 Å². The minimum Gasteiger partial charge on any atom is -0.471 e. The van der Waals surface area contributed by atoms with Crippen LogP contribution in [-0.2, 0) is 24.7 Å². The highest BCUT2D eigenvalue weighted by Crippen LogP contribution is 2.25. The number of benzene rings is 2. The number of anilines is 1. The third-order valence-electron chi connectivity index (χ3n) is 4.16. The van der Waals surface area contributed by atoms with Gasteiger partial charge < -0.3 is 19.8 Å². The normalized spacial score (nSPS) is 11.0. The van der Waals surface area contributed by atoms with E-state index in [9.17, 15) is 0 Å². The van der Waals surface area contributed by atoms with Gasteiger partial charge in [-0.25, -0.2) is 4.98 Å². The molecule has 6 nitrogen and oxygen atoms in total. The van der Waals surface area contributed by atoms with Gasteiger partial charge in [-0.15, -0.1) is 0 Å². The van der Waals surface area contributed by atoms with Crippen molar-refractivity contribution >= 4 is 17.0 Å². The Balaban J connectivity index is 1.52. The summed E-state index contributed by atoms with van der Waals surface area (Å²) in [5.74, 6) is 0.642. The molecule has 0 aliphatic carbocycles. The molecule has 2 heterocycles. The van der Waals surface area contributed by atoms with E-state index in [-0.39, 0.29) is 5.95 Å². The van der Waals surface area contributed by atoms with Crippen molar-refractivity contribution in [3.63, 3.8) is 0 Å². The van der Waals surface area contributed by atoms with E-state index in [0.29, 0.717) is 25.8 Å². The molecule has 0 unspecified atom stereocenters. The Labute approximate surface area is 157 Å². The van der Waals surface area contributed by atoms with Crippen molar-refractivity contribution in [1.82, 2.24) is 14.5 Å². The molecule has 0 saturated heterocycles. The van der Waals surface area contributed by atoms with E-state index in [4.69, 9.17) is 15.2 Å². The van der Waals surface area contributed by atoms with Crippen LogP contribution in [0.4, 0.5) is 5.95 Å². The lowest BCUT2D eigenvalue weighted by Gasteiger charge is -2.11. The van der Waals surface area contributed by atoms with E-state index in [1.807, 2.05) is 77.5 Å². The quantitative estimate of drug-likeness (QED) is 0.543. The van der Waals surface area contributed by atoms with Gasteiger partial charge in [0.15, 0.2) is 0 Å². The van der Waals surface area contributed by atoms with E-state index in [1.54, 1.807) is 0 Å². The van der Waals surface area contributed by atoms with Crippen molar-refractivity contribution in [2.45, 2.75) is 19.9 Å². The van der Waals surface area contributed by atoms with E-state index in [0.717, 1.165) is 22.2 Å². The number of fused-ring (bicyclic) bond motifs is 1. The Morgan fingerprint density at radius 1 is 0.815 bits per heavy atom. The first-order chi connectivity index (χ1) is 13.3. The lowest BCUT2D eigenvalue weighted by atomic mass is 10.2. The summed E-state index contributed by atoms with van der Waals surface area (Å²) >= 11 is 0. The fraction of sp³-hybridized carbons (Fsp3) is 0.143. The van der Waals surface area contributed by atoms with E-state index in [1.165, 1.54) is 0 Å². The first-order valence-electron chi connectivity index (χ1n) is 8.70. The van der Waals surface area contributed by atoms with Gasteiger partial charge >= 0.3 is 0 Å². The van der Waals surface area contributed by atoms with Gasteiger partial charge in [0.1, 0.15) is 18.9 Å². The lowest BCUT2D eigenvalue weighted by molar-refractivity contribution is 0.0664. The highest BCUT2D eigenvalue weighted by molar-refractivity contribution is 5.81. The van der Waals surface area contributed by atoms with Gasteiger partial charge in [-0.3, -0.25) is 0 Å². The van der Waals surface area contributed by atoms with E-state index in [2.05, 4.69) is 9.97 Å². The fourth-order valence-electron chi connectivity index (χ4n) is 2.86. The molecular formula is C21H20N4O2. The SMILES string of the molecule is Nc1nc(OCc2ccccc2)c2c(ccn2COCc2ccccc2)n1. The molecule has 6 heteroatoms. The fourth-order valence-corrected chi connectivity index (χ4v) is 2.86. The Hall–Kier alpha value is -3.38. The van der Waals surface area contributed by atoms with Crippen LogP contribution in [0.25, 0.3) is 11.0 Å². The predicted molar refractivity (Wildman–Crippen MR) is 104 cm³/mol. The molecule has 0 aliphatic heterocycles. The summed E-state index contributed by atoms with van der Waals surface area (Å²) in [6.07, 6.45) is 1.90. The van der Waals surface area contributed by atoms with Gasteiger partial charge in [-0.05, 0) is 17.2 Å². The van der Waals surface area contributed by atoms with Gasteiger partial charge in [0.05, 0.1) is 12.1 Å². The van der Waals surface area contributed by atoms with Crippen LogP contribution in [0.5, 0.6) is 5.88 Å². The molecule has 0 aliphatic rings. The number of aromatic nitrogens is 3. The smallest absolute Gasteiger partial charge is 0.243 e. The summed E-state index contributed by atoms with van der Waals surface area (Å²) in [7, 11) is 0. The minimum absolute atomic E-state index is 0.188. The molecule has 4 rings (SSSR count). The van der Waals surface area contributed by atoms with Gasteiger partial charge in [0, 0.05) is 6.20 Å². The number of hydrogen-bond acceptors (Lipinski definition) is 5. The molecule has 0 fully saturated rings. The zero-order valence-corrected chi connectivity index (χ0v) is 14.8. The number of nitrogens with two attached hydrogens (primary N) is 1. The maximum Gasteiger partial charge on any atom is 0.243 e. The zero-order valence-electron chi connectivity index (χ0n) is 14.8. The van der Waals surface area contributed by atoms with E-state index >= 15 is 0 Å². The summed E-state index contributed by atoms with van der Waals surface area (Å²) in [5, 5.41) is 0. The molecule has 27 heavy (non-hydrogen) atoms. The van der Waals surface area contributed by atoms with Crippen molar-refractivity contribution in [1.29, 1.82) is 0 Å². The highest BCUT2D eigenvalue weighted by atomic mass is 16.5. The van der Waals surface area contributed by atoms with Gasteiger partial charge in [0.25, 0.3) is 0 Å². The second kappa shape index (κ2) is 7.88. The third-order valence-corrected chi connectivity index (χ3v) is 4.16. The maximum absolute atomic E-state index is 5.94. The zero-order chi connectivity index (χ0) is 18.5. The second-order valence-electron chi connectivity index (χ2n) is 6.14. The van der Waals surface area contributed by atoms with E-state index < -0.39 is 0 Å². The van der Waals surface area contributed by atoms with Gasteiger partial charge in [-0.2, -0.15) is 4.98 Å². The van der Waals surface area contributed by atoms with Gasteiger partial charge in [-0.1, -0.05) is 60.7 Å². The summed E-state index contributed by atoms with van der Waals surface area (Å²) in [6.45, 7) is 1.30. The molecule has 2 N–H and O–H groups in total. The maximum atomic E-state index is 5.94. The highest BCUT2D eigenvalue weighted by Gasteiger charge is 2.13. The Kier molecular flexibility index (Phi) is 4.98. The first-order valence-corrected chi connectivity index (χ1v) is 8.70. The molecule has 0 saturated carbocycles. The molecule has 0 bridgehead atoms. The summed E-state index contributed by atoms with van der Waals surface area (Å²) in [6, 6.07) is 21.9. The van der Waals surface area contributed by atoms with Crippen molar-refractivity contribution in [2.24, 2.45) is 0 Å². The molecule has 4 aromatic rings. The van der Waals surface area contributed by atoms with Crippen molar-refractivity contribution in [2.75, 3.05) is 5.73 Å². The summed E-state index contributed by atoms with van der Waals surface area (Å²) < 4.78 is 13.7. The number of ether oxygens (including phenoxy) is 2. The number of rotatable bonds is 7. The van der Waals surface area contributed by atoms with Crippen molar-refractivity contribution < 1.29 is 9.47 Å². The monoisotopic (exact) mass is 360 g/mol. The summed E-state index contributed by atoms with van der Waals surface area (Å²) in [5.41, 5.74) is 9.52. The van der Waals surface area contributed by atoms with Crippen molar-refractivity contribution in [3.8, 4) is 5.88 Å². The van der Waals surface area contributed by atoms with Crippen LogP contribution in [-0.4, -0.2) is 14.5 Å². The minimum atomic E-state index is 0.188. The van der Waals surface area contributed by atoms with Crippen LogP contribution in [0, 0.1) is 0 Å². The Morgan fingerprint density at radius 3 is 2.19 bits per heavy atom. The van der Waals surface area contributed by atoms with Crippen LogP contribution in [0.3, 0.4) is 0 Å². The largest absolute Gasteiger partial charge is 0.471 e. The first kappa shape index (κ1) is 17.1. The number of hydrogen-bond donors (Lipinski definition) is 1. The summed E-state index contributed by atoms with van der Waals surface area (Å²) in [4.78, 5) is 8.57. The third kappa shape index (κ3) is 4.07. The van der Waals surface area contributed by atoms with Crippen LogP contribution in [0.1, 0.15) is 11.1 Å². The molecule has 2 aromatic heterocycles. The molecule has 0 amide bonds. The lowest BCUT2D eigenvalue weighted by Crippen LogP contribution is -2.06. The van der Waals surface area contributed by atoms with Crippen LogP contribution < -0.4 is 10.5 Å².